The monoisotopic (exact) mass is 399 g/mol. The molecule has 0 radical (unpaired) electrons. The zero-order chi connectivity index (χ0) is 20.5. The van der Waals surface area contributed by atoms with Gasteiger partial charge in [-0.3, -0.25) is 4.79 Å². The number of nitrogens with zero attached hydrogens (tertiary/aromatic N) is 2. The van der Waals surface area contributed by atoms with E-state index in [0.29, 0.717) is 26.1 Å². The maximum atomic E-state index is 12.7. The van der Waals surface area contributed by atoms with Crippen LogP contribution in [0.4, 0.5) is 10.5 Å². The molecule has 1 aliphatic carbocycles. The second-order valence-corrected chi connectivity index (χ2v) is 8.64. The standard InChI is InChI=1S/C24H37N3O2/c1-2-3-7-21-10-13-22(14-11-21)25-24(29)27-17-6-16-26(18-19-27)23(28)15-12-20-8-4-5-9-20/h10-11,13-14,20H,2-9,12,15-19H2,1H3,(H,25,29). The minimum absolute atomic E-state index is 0.0634. The van der Waals surface area contributed by atoms with Crippen molar-refractivity contribution in [2.75, 3.05) is 31.5 Å². The summed E-state index contributed by atoms with van der Waals surface area (Å²) in [6, 6.07) is 8.10. The Hall–Kier alpha value is -2.04. The van der Waals surface area contributed by atoms with Crippen LogP contribution in [0.2, 0.25) is 0 Å². The smallest absolute Gasteiger partial charge is 0.321 e. The lowest BCUT2D eigenvalue weighted by Gasteiger charge is -2.23. The first-order valence-electron chi connectivity index (χ1n) is 11.6. The van der Waals surface area contributed by atoms with Crippen LogP contribution in [-0.4, -0.2) is 47.9 Å². The van der Waals surface area contributed by atoms with Crippen LogP contribution in [0, 0.1) is 5.92 Å². The summed E-state index contributed by atoms with van der Waals surface area (Å²) in [5, 5.41) is 3.01. The van der Waals surface area contributed by atoms with Crippen molar-refractivity contribution in [1.29, 1.82) is 0 Å². The van der Waals surface area contributed by atoms with Crippen LogP contribution >= 0.6 is 0 Å². The number of urea groups is 1. The third-order valence-corrected chi connectivity index (χ3v) is 6.40. The topological polar surface area (TPSA) is 52.7 Å². The van der Waals surface area contributed by atoms with Crippen molar-refractivity contribution in [2.45, 2.75) is 71.1 Å². The number of aryl methyl sites for hydroxylation is 1. The van der Waals surface area contributed by atoms with Crippen molar-refractivity contribution < 1.29 is 9.59 Å². The SMILES string of the molecule is CCCCc1ccc(NC(=O)N2CCCN(C(=O)CCC3CCCC3)CC2)cc1. The minimum Gasteiger partial charge on any atom is -0.341 e. The van der Waals surface area contributed by atoms with Crippen LogP contribution in [0.3, 0.4) is 0 Å². The highest BCUT2D eigenvalue weighted by Gasteiger charge is 2.23. The van der Waals surface area contributed by atoms with Gasteiger partial charge < -0.3 is 15.1 Å². The molecule has 2 aliphatic rings. The molecule has 0 bridgehead atoms. The average molecular weight is 400 g/mol. The van der Waals surface area contributed by atoms with Crippen LogP contribution in [0.5, 0.6) is 0 Å². The summed E-state index contributed by atoms with van der Waals surface area (Å²) in [7, 11) is 0. The molecule has 160 valence electrons. The number of hydrogen-bond donors (Lipinski definition) is 1. The third-order valence-electron chi connectivity index (χ3n) is 6.40. The summed E-state index contributed by atoms with van der Waals surface area (Å²) in [5.41, 5.74) is 2.15. The number of carbonyl (C=O) groups excluding carboxylic acids is 2. The summed E-state index contributed by atoms with van der Waals surface area (Å²) in [6.45, 7) is 4.91. The Morgan fingerprint density at radius 3 is 2.38 bits per heavy atom. The Morgan fingerprint density at radius 1 is 0.966 bits per heavy atom. The van der Waals surface area contributed by atoms with Gasteiger partial charge in [-0.05, 0) is 49.3 Å². The second-order valence-electron chi connectivity index (χ2n) is 8.64. The molecular formula is C24H37N3O2. The molecule has 1 N–H and O–H groups in total. The second kappa shape index (κ2) is 11.2. The lowest BCUT2D eigenvalue weighted by Crippen LogP contribution is -2.39. The molecule has 0 unspecified atom stereocenters. The Morgan fingerprint density at radius 2 is 1.66 bits per heavy atom. The van der Waals surface area contributed by atoms with Gasteiger partial charge in [-0.2, -0.15) is 0 Å². The van der Waals surface area contributed by atoms with E-state index in [9.17, 15) is 9.59 Å². The summed E-state index contributed by atoms with van der Waals surface area (Å²) < 4.78 is 0. The summed E-state index contributed by atoms with van der Waals surface area (Å²) in [5.74, 6) is 1.02. The van der Waals surface area contributed by atoms with E-state index in [1.54, 1.807) is 0 Å². The number of amides is 3. The molecule has 5 nitrogen and oxygen atoms in total. The number of rotatable bonds is 7. The molecule has 3 rings (SSSR count). The molecule has 1 saturated carbocycles. The van der Waals surface area contributed by atoms with Crippen molar-refractivity contribution in [3.05, 3.63) is 29.8 Å². The lowest BCUT2D eigenvalue weighted by atomic mass is 10.0. The molecule has 1 heterocycles. The van der Waals surface area contributed by atoms with E-state index in [0.717, 1.165) is 37.4 Å². The van der Waals surface area contributed by atoms with Gasteiger partial charge in [0.15, 0.2) is 0 Å². The molecule has 1 aliphatic heterocycles. The first-order valence-corrected chi connectivity index (χ1v) is 11.6. The van der Waals surface area contributed by atoms with Crippen molar-refractivity contribution in [3.63, 3.8) is 0 Å². The van der Waals surface area contributed by atoms with Crippen LogP contribution in [-0.2, 0) is 11.2 Å². The minimum atomic E-state index is -0.0634. The van der Waals surface area contributed by atoms with Gasteiger partial charge in [0.05, 0.1) is 0 Å². The molecule has 0 spiro atoms. The Balaban J connectivity index is 1.43. The van der Waals surface area contributed by atoms with Gasteiger partial charge in [-0.25, -0.2) is 4.79 Å². The van der Waals surface area contributed by atoms with Gasteiger partial charge in [0.2, 0.25) is 5.91 Å². The van der Waals surface area contributed by atoms with E-state index in [-0.39, 0.29) is 11.9 Å². The predicted molar refractivity (Wildman–Crippen MR) is 118 cm³/mol. The quantitative estimate of drug-likeness (QED) is 0.696. The highest BCUT2D eigenvalue weighted by molar-refractivity contribution is 5.89. The van der Waals surface area contributed by atoms with Gasteiger partial charge in [-0.1, -0.05) is 51.2 Å². The van der Waals surface area contributed by atoms with E-state index >= 15 is 0 Å². The van der Waals surface area contributed by atoms with Crippen LogP contribution < -0.4 is 5.32 Å². The Labute approximate surface area is 175 Å². The van der Waals surface area contributed by atoms with Gasteiger partial charge in [-0.15, -0.1) is 0 Å². The molecule has 1 aromatic carbocycles. The van der Waals surface area contributed by atoms with Crippen molar-refractivity contribution >= 4 is 17.6 Å². The number of anilines is 1. The lowest BCUT2D eigenvalue weighted by molar-refractivity contribution is -0.131. The molecular weight excluding hydrogens is 362 g/mol. The predicted octanol–water partition coefficient (Wildman–Crippen LogP) is 5.07. The zero-order valence-corrected chi connectivity index (χ0v) is 18.0. The fourth-order valence-corrected chi connectivity index (χ4v) is 4.49. The fourth-order valence-electron chi connectivity index (χ4n) is 4.49. The van der Waals surface area contributed by atoms with E-state index in [4.69, 9.17) is 0 Å². The Bertz CT molecular complexity index is 653. The zero-order valence-electron chi connectivity index (χ0n) is 18.0. The molecule has 0 atom stereocenters. The average Bonchev–Trinajstić information content (AvgIpc) is 3.13. The van der Waals surface area contributed by atoms with Gasteiger partial charge in [0, 0.05) is 38.3 Å². The maximum Gasteiger partial charge on any atom is 0.321 e. The summed E-state index contributed by atoms with van der Waals surface area (Å²) in [6.07, 6.45) is 11.3. The maximum absolute atomic E-state index is 12.7. The molecule has 1 saturated heterocycles. The van der Waals surface area contributed by atoms with Crippen LogP contribution in [0.25, 0.3) is 0 Å². The number of nitrogens with one attached hydrogen (secondary N) is 1. The molecule has 2 fully saturated rings. The highest BCUT2D eigenvalue weighted by atomic mass is 16.2. The fraction of sp³-hybridized carbons (Fsp3) is 0.667. The van der Waals surface area contributed by atoms with Crippen LogP contribution in [0.1, 0.15) is 70.3 Å². The van der Waals surface area contributed by atoms with E-state index in [1.807, 2.05) is 21.9 Å². The molecule has 29 heavy (non-hydrogen) atoms. The molecule has 3 amide bonds. The third kappa shape index (κ3) is 6.76. The first-order chi connectivity index (χ1) is 14.2. The Kier molecular flexibility index (Phi) is 8.38. The number of hydrogen-bond acceptors (Lipinski definition) is 2. The number of benzene rings is 1. The largest absolute Gasteiger partial charge is 0.341 e. The van der Waals surface area contributed by atoms with Gasteiger partial charge in [0.25, 0.3) is 0 Å². The number of carbonyl (C=O) groups is 2. The first kappa shape index (κ1) is 21.7. The summed E-state index contributed by atoms with van der Waals surface area (Å²) in [4.78, 5) is 29.1. The van der Waals surface area contributed by atoms with Crippen LogP contribution in [0.15, 0.2) is 24.3 Å². The van der Waals surface area contributed by atoms with Crippen molar-refractivity contribution in [2.24, 2.45) is 5.92 Å². The normalized spacial score (nSPS) is 18.0. The van der Waals surface area contributed by atoms with Gasteiger partial charge >= 0.3 is 6.03 Å². The van der Waals surface area contributed by atoms with E-state index in [2.05, 4.69) is 24.4 Å². The van der Waals surface area contributed by atoms with Gasteiger partial charge in [0.1, 0.15) is 0 Å². The molecule has 0 aromatic heterocycles. The van der Waals surface area contributed by atoms with Crippen molar-refractivity contribution in [1.82, 2.24) is 9.80 Å². The summed E-state index contributed by atoms with van der Waals surface area (Å²) >= 11 is 0. The van der Waals surface area contributed by atoms with E-state index < -0.39 is 0 Å². The van der Waals surface area contributed by atoms with Crippen molar-refractivity contribution in [3.8, 4) is 0 Å². The van der Waals surface area contributed by atoms with E-state index in [1.165, 1.54) is 44.1 Å². The number of unbranched alkanes of at least 4 members (excludes halogenated alkanes) is 1. The highest BCUT2D eigenvalue weighted by Crippen LogP contribution is 2.28. The molecule has 1 aromatic rings. The molecule has 5 heteroatoms.